The van der Waals surface area contributed by atoms with E-state index in [2.05, 4.69) is 10.2 Å². The van der Waals surface area contributed by atoms with Crippen molar-refractivity contribution in [3.63, 3.8) is 0 Å². The Kier molecular flexibility index (Phi) is 5.30. The van der Waals surface area contributed by atoms with Crippen molar-refractivity contribution in [2.24, 2.45) is 0 Å². The molecule has 6 heteroatoms. The van der Waals surface area contributed by atoms with Crippen LogP contribution in [0.4, 0.5) is 4.39 Å². The summed E-state index contributed by atoms with van der Waals surface area (Å²) in [5.41, 5.74) is 0.551. The first-order chi connectivity index (χ1) is 11.1. The maximum absolute atomic E-state index is 13.8. The molecule has 1 amide bonds. The fourth-order valence-corrected chi connectivity index (χ4v) is 3.66. The maximum atomic E-state index is 13.8. The molecule has 23 heavy (non-hydrogen) atoms. The molecule has 1 saturated heterocycles. The van der Waals surface area contributed by atoms with Gasteiger partial charge in [-0.1, -0.05) is 23.7 Å². The van der Waals surface area contributed by atoms with Crippen LogP contribution in [0.25, 0.3) is 0 Å². The highest BCUT2D eigenvalue weighted by molar-refractivity contribution is 7.12. The fraction of sp³-hybridized carbons (Fsp3) is 0.353. The van der Waals surface area contributed by atoms with E-state index in [1.165, 1.54) is 17.4 Å². The first-order valence-electron chi connectivity index (χ1n) is 7.63. The number of nitrogens with one attached hydrogen (secondary N) is 1. The van der Waals surface area contributed by atoms with E-state index in [0.717, 1.165) is 30.8 Å². The number of rotatable bonds is 4. The Morgan fingerprint density at radius 1 is 1.30 bits per heavy atom. The summed E-state index contributed by atoms with van der Waals surface area (Å²) >= 11 is 7.53. The van der Waals surface area contributed by atoms with Crippen molar-refractivity contribution in [2.45, 2.75) is 25.4 Å². The third-order valence-corrected chi connectivity index (χ3v) is 5.33. The monoisotopic (exact) mass is 352 g/mol. The Morgan fingerprint density at radius 2 is 2.09 bits per heavy atom. The number of thiophene rings is 1. The molecule has 2 heterocycles. The van der Waals surface area contributed by atoms with Crippen molar-refractivity contribution in [3.8, 4) is 0 Å². The molecule has 1 aliphatic heterocycles. The Balaban J connectivity index is 1.52. The third-order valence-electron chi connectivity index (χ3n) is 4.11. The van der Waals surface area contributed by atoms with Crippen molar-refractivity contribution in [1.82, 2.24) is 10.2 Å². The topological polar surface area (TPSA) is 32.3 Å². The quantitative estimate of drug-likeness (QED) is 0.904. The Morgan fingerprint density at radius 3 is 2.74 bits per heavy atom. The van der Waals surface area contributed by atoms with Gasteiger partial charge in [-0.15, -0.1) is 11.3 Å². The molecule has 0 aliphatic carbocycles. The van der Waals surface area contributed by atoms with Gasteiger partial charge in [-0.3, -0.25) is 9.69 Å². The summed E-state index contributed by atoms with van der Waals surface area (Å²) < 4.78 is 13.8. The first-order valence-corrected chi connectivity index (χ1v) is 8.89. The van der Waals surface area contributed by atoms with Crippen LogP contribution in [0.5, 0.6) is 0 Å². The number of piperidine rings is 1. The molecule has 1 N–H and O–H groups in total. The van der Waals surface area contributed by atoms with Gasteiger partial charge in [0.2, 0.25) is 0 Å². The van der Waals surface area contributed by atoms with E-state index in [4.69, 9.17) is 11.6 Å². The van der Waals surface area contributed by atoms with E-state index in [1.54, 1.807) is 12.1 Å². The van der Waals surface area contributed by atoms with Crippen LogP contribution >= 0.6 is 22.9 Å². The Hall–Kier alpha value is -1.43. The molecule has 0 atom stereocenters. The van der Waals surface area contributed by atoms with Gasteiger partial charge in [0.1, 0.15) is 5.82 Å². The highest BCUT2D eigenvalue weighted by Crippen LogP contribution is 2.22. The van der Waals surface area contributed by atoms with Crippen LogP contribution in [0.2, 0.25) is 5.02 Å². The zero-order valence-electron chi connectivity index (χ0n) is 12.6. The van der Waals surface area contributed by atoms with E-state index < -0.39 is 0 Å². The number of nitrogens with zero attached hydrogens (tertiary/aromatic N) is 1. The molecule has 0 radical (unpaired) electrons. The average Bonchev–Trinajstić information content (AvgIpc) is 3.07. The van der Waals surface area contributed by atoms with Gasteiger partial charge in [0.15, 0.2) is 0 Å². The largest absolute Gasteiger partial charge is 0.349 e. The van der Waals surface area contributed by atoms with Crippen molar-refractivity contribution in [2.75, 3.05) is 13.1 Å². The number of hydrogen-bond acceptors (Lipinski definition) is 3. The maximum Gasteiger partial charge on any atom is 0.261 e. The van der Waals surface area contributed by atoms with E-state index >= 15 is 0 Å². The average molecular weight is 353 g/mol. The molecule has 3 rings (SSSR count). The van der Waals surface area contributed by atoms with Crippen molar-refractivity contribution >= 4 is 28.8 Å². The first kappa shape index (κ1) is 16.4. The molecule has 0 unspecified atom stereocenters. The normalized spacial score (nSPS) is 16.4. The second-order valence-electron chi connectivity index (χ2n) is 5.70. The lowest BCUT2D eigenvalue weighted by atomic mass is 10.0. The van der Waals surface area contributed by atoms with E-state index in [0.29, 0.717) is 17.1 Å². The van der Waals surface area contributed by atoms with E-state index in [-0.39, 0.29) is 17.8 Å². The van der Waals surface area contributed by atoms with Gasteiger partial charge in [-0.05, 0) is 36.4 Å². The predicted molar refractivity (Wildman–Crippen MR) is 91.5 cm³/mol. The van der Waals surface area contributed by atoms with Gasteiger partial charge < -0.3 is 5.32 Å². The molecule has 1 aromatic carbocycles. The van der Waals surface area contributed by atoms with Crippen LogP contribution < -0.4 is 5.32 Å². The predicted octanol–water partition coefficient (Wildman–Crippen LogP) is 3.94. The lowest BCUT2D eigenvalue weighted by molar-refractivity contribution is 0.0913. The number of benzene rings is 1. The molecular formula is C17H18ClFN2OS. The van der Waals surface area contributed by atoms with E-state index in [1.807, 2.05) is 17.5 Å². The minimum absolute atomic E-state index is 0.00408. The van der Waals surface area contributed by atoms with Crippen LogP contribution in [0.15, 0.2) is 35.7 Å². The number of likely N-dealkylation sites (tertiary alicyclic amines) is 1. The number of carbonyl (C=O) groups excluding carboxylic acids is 1. The standard InChI is InChI=1S/C17H18ClFN2OS/c18-14-3-1-4-15(19)13(14)11-21-8-6-12(7-9-21)20-17(22)16-5-2-10-23-16/h1-5,10,12H,6-9,11H2,(H,20,22). The van der Waals surface area contributed by atoms with Gasteiger partial charge in [0.25, 0.3) is 5.91 Å². The van der Waals surface area contributed by atoms with Gasteiger partial charge in [-0.2, -0.15) is 0 Å². The number of hydrogen-bond donors (Lipinski definition) is 1. The molecule has 1 aliphatic rings. The van der Waals surface area contributed by atoms with Gasteiger partial charge in [0, 0.05) is 36.3 Å². The second-order valence-corrected chi connectivity index (χ2v) is 7.06. The van der Waals surface area contributed by atoms with Crippen LogP contribution in [-0.2, 0) is 6.54 Å². The molecule has 1 fully saturated rings. The zero-order valence-corrected chi connectivity index (χ0v) is 14.2. The van der Waals surface area contributed by atoms with Crippen LogP contribution in [0.3, 0.4) is 0 Å². The molecule has 3 nitrogen and oxygen atoms in total. The van der Waals surface area contributed by atoms with Crippen molar-refractivity contribution in [1.29, 1.82) is 0 Å². The summed E-state index contributed by atoms with van der Waals surface area (Å²) in [5, 5.41) is 5.44. The van der Waals surface area contributed by atoms with Crippen LogP contribution in [-0.4, -0.2) is 29.9 Å². The molecule has 2 aromatic rings. The molecule has 0 bridgehead atoms. The highest BCUT2D eigenvalue weighted by Gasteiger charge is 2.22. The molecule has 0 saturated carbocycles. The van der Waals surface area contributed by atoms with Crippen molar-refractivity contribution < 1.29 is 9.18 Å². The Labute approximate surface area is 144 Å². The summed E-state index contributed by atoms with van der Waals surface area (Å²) in [6.45, 7) is 2.15. The summed E-state index contributed by atoms with van der Waals surface area (Å²) in [7, 11) is 0. The zero-order chi connectivity index (χ0) is 16.2. The van der Waals surface area contributed by atoms with E-state index in [9.17, 15) is 9.18 Å². The van der Waals surface area contributed by atoms with Crippen LogP contribution in [0.1, 0.15) is 28.1 Å². The highest BCUT2D eigenvalue weighted by atomic mass is 35.5. The smallest absolute Gasteiger partial charge is 0.261 e. The SMILES string of the molecule is O=C(NC1CCN(Cc2c(F)cccc2Cl)CC1)c1cccs1. The summed E-state index contributed by atoms with van der Waals surface area (Å²) in [6.07, 6.45) is 1.73. The van der Waals surface area contributed by atoms with Crippen molar-refractivity contribution in [3.05, 3.63) is 57.0 Å². The summed E-state index contributed by atoms with van der Waals surface area (Å²) in [6, 6.07) is 8.66. The third kappa shape index (κ3) is 4.10. The second kappa shape index (κ2) is 7.43. The minimum atomic E-state index is -0.259. The molecule has 122 valence electrons. The minimum Gasteiger partial charge on any atom is -0.349 e. The summed E-state index contributed by atoms with van der Waals surface area (Å²) in [5.74, 6) is -0.263. The van der Waals surface area contributed by atoms with Gasteiger partial charge >= 0.3 is 0 Å². The lowest BCUT2D eigenvalue weighted by Crippen LogP contribution is -2.44. The van der Waals surface area contributed by atoms with Gasteiger partial charge in [0.05, 0.1) is 4.88 Å². The lowest BCUT2D eigenvalue weighted by Gasteiger charge is -2.32. The van der Waals surface area contributed by atoms with Crippen LogP contribution in [0, 0.1) is 5.82 Å². The number of halogens is 2. The van der Waals surface area contributed by atoms with Gasteiger partial charge in [-0.25, -0.2) is 4.39 Å². The molecule has 1 aromatic heterocycles. The fourth-order valence-electron chi connectivity index (χ4n) is 2.81. The molecular weight excluding hydrogens is 335 g/mol. The Bertz CT molecular complexity index is 649. The number of amides is 1. The summed E-state index contributed by atoms with van der Waals surface area (Å²) in [4.78, 5) is 15.0. The molecule has 0 spiro atoms. The number of carbonyl (C=O) groups is 1.